The van der Waals surface area contributed by atoms with Crippen molar-refractivity contribution in [3.63, 3.8) is 0 Å². The molecule has 5 aromatic rings. The number of pyridine rings is 1. The molecule has 0 aliphatic rings. The molecule has 0 amide bonds. The van der Waals surface area contributed by atoms with Crippen molar-refractivity contribution >= 4 is 22.5 Å². The summed E-state index contributed by atoms with van der Waals surface area (Å²) < 4.78 is 14.4. The van der Waals surface area contributed by atoms with Gasteiger partial charge in [-0.1, -0.05) is 30.3 Å². The van der Waals surface area contributed by atoms with E-state index in [4.69, 9.17) is 0 Å². The molecule has 0 fully saturated rings. The fourth-order valence-electron chi connectivity index (χ4n) is 3.10. The van der Waals surface area contributed by atoms with Crippen molar-refractivity contribution in [2.45, 2.75) is 0 Å². The predicted octanol–water partition coefficient (Wildman–Crippen LogP) is 4.96. The first-order chi connectivity index (χ1) is 14.3. The molecule has 2 aromatic carbocycles. The van der Waals surface area contributed by atoms with Gasteiger partial charge in [0.05, 0.1) is 22.5 Å². The predicted molar refractivity (Wildman–Crippen MR) is 110 cm³/mol. The third-order valence-corrected chi connectivity index (χ3v) is 4.49. The molecule has 140 valence electrons. The second-order valence-corrected chi connectivity index (χ2v) is 6.40. The molecule has 7 heteroatoms. The van der Waals surface area contributed by atoms with E-state index in [2.05, 4.69) is 30.5 Å². The second-order valence-electron chi connectivity index (χ2n) is 6.40. The lowest BCUT2D eigenvalue weighted by molar-refractivity contribution is 0.630. The fraction of sp³-hybridized carbons (Fsp3) is 0. The molecule has 5 rings (SSSR count). The number of anilines is 2. The number of H-pyrrole nitrogens is 1. The highest BCUT2D eigenvalue weighted by Gasteiger charge is 2.14. The average molecular weight is 382 g/mol. The Morgan fingerprint density at radius 3 is 2.52 bits per heavy atom. The Morgan fingerprint density at radius 2 is 1.66 bits per heavy atom. The Bertz CT molecular complexity index is 1300. The average Bonchev–Trinajstić information content (AvgIpc) is 3.17. The summed E-state index contributed by atoms with van der Waals surface area (Å²) in [5.74, 6) is 1.01. The highest BCUT2D eigenvalue weighted by molar-refractivity contribution is 5.91. The normalized spacial score (nSPS) is 10.9. The Kier molecular flexibility index (Phi) is 4.18. The van der Waals surface area contributed by atoms with Gasteiger partial charge in [-0.2, -0.15) is 5.10 Å². The number of nitrogens with one attached hydrogen (secondary N) is 2. The van der Waals surface area contributed by atoms with Crippen molar-refractivity contribution in [3.05, 3.63) is 84.8 Å². The van der Waals surface area contributed by atoms with Crippen LogP contribution in [0.2, 0.25) is 0 Å². The summed E-state index contributed by atoms with van der Waals surface area (Å²) in [5.41, 5.74) is 2.48. The molecule has 0 spiro atoms. The zero-order chi connectivity index (χ0) is 19.6. The maximum atomic E-state index is 14.4. The minimum absolute atomic E-state index is 0.272. The van der Waals surface area contributed by atoms with Crippen LogP contribution in [0.4, 0.5) is 16.0 Å². The van der Waals surface area contributed by atoms with Crippen LogP contribution in [0.5, 0.6) is 0 Å². The van der Waals surface area contributed by atoms with Gasteiger partial charge in [-0.05, 0) is 36.4 Å². The van der Waals surface area contributed by atoms with Gasteiger partial charge in [-0.25, -0.2) is 14.4 Å². The molecular formula is C22H15FN6. The molecule has 0 bridgehead atoms. The molecule has 3 heterocycles. The van der Waals surface area contributed by atoms with E-state index < -0.39 is 0 Å². The minimum atomic E-state index is -0.387. The summed E-state index contributed by atoms with van der Waals surface area (Å²) >= 11 is 0. The lowest BCUT2D eigenvalue weighted by atomic mass is 10.2. The van der Waals surface area contributed by atoms with Gasteiger partial charge in [0.25, 0.3) is 0 Å². The van der Waals surface area contributed by atoms with Crippen molar-refractivity contribution in [3.8, 4) is 22.8 Å². The number of hydrogen-bond acceptors (Lipinski definition) is 5. The zero-order valence-electron chi connectivity index (χ0n) is 15.2. The van der Waals surface area contributed by atoms with Crippen molar-refractivity contribution in [1.82, 2.24) is 25.1 Å². The number of fused-ring (bicyclic) bond motifs is 1. The lowest BCUT2D eigenvalue weighted by Gasteiger charge is -2.09. The zero-order valence-corrected chi connectivity index (χ0v) is 15.2. The number of aromatic nitrogens is 5. The summed E-state index contributed by atoms with van der Waals surface area (Å²) in [7, 11) is 0. The quantitative estimate of drug-likeness (QED) is 0.459. The van der Waals surface area contributed by atoms with Gasteiger partial charge < -0.3 is 5.32 Å². The SMILES string of the molecule is Fc1ccccc1-c1nc(Nc2n[nH]c3ccccc23)cc(-c2ccccn2)n1. The number of aromatic amines is 1. The van der Waals surface area contributed by atoms with Crippen molar-refractivity contribution in [2.24, 2.45) is 0 Å². The monoisotopic (exact) mass is 382 g/mol. The summed E-state index contributed by atoms with van der Waals surface area (Å²) in [6, 6.07) is 21.5. The van der Waals surface area contributed by atoms with Crippen molar-refractivity contribution < 1.29 is 4.39 Å². The van der Waals surface area contributed by atoms with E-state index >= 15 is 0 Å². The standard InChI is InChI=1S/C22H15FN6/c23-16-9-3-1-7-14(16)21-25-19(18-11-5-6-12-24-18)13-20(26-21)27-22-15-8-2-4-10-17(15)28-29-22/h1-13H,(H2,25,26,27,28,29). The van der Waals surface area contributed by atoms with Crippen LogP contribution in [0.1, 0.15) is 0 Å². The minimum Gasteiger partial charge on any atom is -0.323 e. The third-order valence-electron chi connectivity index (χ3n) is 4.49. The van der Waals surface area contributed by atoms with Crippen LogP contribution in [0.3, 0.4) is 0 Å². The topological polar surface area (TPSA) is 79.4 Å². The highest BCUT2D eigenvalue weighted by Crippen LogP contribution is 2.28. The molecule has 0 saturated heterocycles. The molecule has 29 heavy (non-hydrogen) atoms. The van der Waals surface area contributed by atoms with Gasteiger partial charge in [0, 0.05) is 17.6 Å². The largest absolute Gasteiger partial charge is 0.323 e. The molecule has 3 aromatic heterocycles. The number of hydrogen-bond donors (Lipinski definition) is 2. The summed E-state index contributed by atoms with van der Waals surface area (Å²) in [6.07, 6.45) is 1.69. The van der Waals surface area contributed by atoms with Crippen LogP contribution in [0.15, 0.2) is 79.0 Å². The van der Waals surface area contributed by atoms with Gasteiger partial charge in [0.15, 0.2) is 11.6 Å². The first kappa shape index (κ1) is 17.0. The number of halogens is 1. The first-order valence-electron chi connectivity index (χ1n) is 9.03. The highest BCUT2D eigenvalue weighted by atomic mass is 19.1. The smallest absolute Gasteiger partial charge is 0.165 e. The van der Waals surface area contributed by atoms with E-state index in [0.717, 1.165) is 10.9 Å². The van der Waals surface area contributed by atoms with Gasteiger partial charge in [-0.15, -0.1) is 0 Å². The van der Waals surface area contributed by atoms with E-state index in [9.17, 15) is 4.39 Å². The maximum Gasteiger partial charge on any atom is 0.165 e. The van der Waals surface area contributed by atoms with E-state index in [0.29, 0.717) is 28.6 Å². The van der Waals surface area contributed by atoms with Gasteiger partial charge >= 0.3 is 0 Å². The second kappa shape index (κ2) is 7.12. The summed E-state index contributed by atoms with van der Waals surface area (Å²) in [6.45, 7) is 0. The van der Waals surface area contributed by atoms with Crippen molar-refractivity contribution in [1.29, 1.82) is 0 Å². The molecule has 0 aliphatic carbocycles. The third kappa shape index (κ3) is 3.29. The molecule has 0 atom stereocenters. The molecule has 0 aliphatic heterocycles. The summed E-state index contributed by atoms with van der Waals surface area (Å²) in [5, 5.41) is 11.5. The molecule has 6 nitrogen and oxygen atoms in total. The van der Waals surface area contributed by atoms with Crippen molar-refractivity contribution in [2.75, 3.05) is 5.32 Å². The van der Waals surface area contributed by atoms with Gasteiger partial charge in [0.2, 0.25) is 0 Å². The van der Waals surface area contributed by atoms with Gasteiger partial charge in [-0.3, -0.25) is 10.1 Å². The lowest BCUT2D eigenvalue weighted by Crippen LogP contribution is -2.01. The Balaban J connectivity index is 1.64. The number of benzene rings is 2. The maximum absolute atomic E-state index is 14.4. The molecule has 0 unspecified atom stereocenters. The first-order valence-corrected chi connectivity index (χ1v) is 9.03. The number of rotatable bonds is 4. The molecule has 2 N–H and O–H groups in total. The van der Waals surface area contributed by atoms with Crippen LogP contribution in [0.25, 0.3) is 33.7 Å². The molecule has 0 radical (unpaired) electrons. The fourth-order valence-corrected chi connectivity index (χ4v) is 3.10. The van der Waals surface area contributed by atoms with Gasteiger partial charge in [0.1, 0.15) is 11.6 Å². The van der Waals surface area contributed by atoms with E-state index in [1.807, 2.05) is 42.5 Å². The molecular weight excluding hydrogens is 367 g/mol. The Morgan fingerprint density at radius 1 is 0.828 bits per heavy atom. The number of para-hydroxylation sites is 1. The van der Waals surface area contributed by atoms with Crippen LogP contribution >= 0.6 is 0 Å². The number of nitrogens with zero attached hydrogens (tertiary/aromatic N) is 4. The summed E-state index contributed by atoms with van der Waals surface area (Å²) in [4.78, 5) is 13.4. The van der Waals surface area contributed by atoms with Crippen LogP contribution < -0.4 is 5.32 Å². The van der Waals surface area contributed by atoms with E-state index in [-0.39, 0.29) is 11.6 Å². The van der Waals surface area contributed by atoms with Crippen LogP contribution in [0, 0.1) is 5.82 Å². The Hall–Kier alpha value is -4.13. The Labute approximate surface area is 165 Å². The van der Waals surface area contributed by atoms with E-state index in [1.54, 1.807) is 30.5 Å². The van der Waals surface area contributed by atoms with Crippen LogP contribution in [-0.4, -0.2) is 25.1 Å². The van der Waals surface area contributed by atoms with E-state index in [1.165, 1.54) is 6.07 Å². The molecule has 0 saturated carbocycles. The van der Waals surface area contributed by atoms with Crippen LogP contribution in [-0.2, 0) is 0 Å².